The first-order valence-corrected chi connectivity index (χ1v) is 10.4. The van der Waals surface area contributed by atoms with Gasteiger partial charge in [0.1, 0.15) is 12.7 Å². The minimum Gasteiger partial charge on any atom is -0.486 e. The Hall–Kier alpha value is -3.43. The Morgan fingerprint density at radius 1 is 1.03 bits per heavy atom. The summed E-state index contributed by atoms with van der Waals surface area (Å²) in [5.74, 6) is 1.31. The zero-order valence-electron chi connectivity index (χ0n) is 16.4. The first-order valence-electron chi connectivity index (χ1n) is 9.55. The Morgan fingerprint density at radius 2 is 1.70 bits per heavy atom. The molecule has 1 amide bonds. The van der Waals surface area contributed by atoms with Crippen LogP contribution in [0.3, 0.4) is 0 Å². The van der Waals surface area contributed by atoms with Crippen LogP contribution >= 0.6 is 11.8 Å². The van der Waals surface area contributed by atoms with Crippen molar-refractivity contribution in [3.8, 4) is 17.6 Å². The van der Waals surface area contributed by atoms with Crippen molar-refractivity contribution in [2.24, 2.45) is 0 Å². The first-order chi connectivity index (χ1) is 14.7. The number of nitrogens with zero attached hydrogens (tertiary/aromatic N) is 2. The average Bonchev–Trinajstić information content (AvgIpc) is 2.79. The van der Waals surface area contributed by atoms with Crippen LogP contribution in [0.15, 0.2) is 82.6 Å². The summed E-state index contributed by atoms with van der Waals surface area (Å²) in [5.41, 5.74) is 1.18. The highest BCUT2D eigenvalue weighted by Gasteiger charge is 2.25. The van der Waals surface area contributed by atoms with Gasteiger partial charge in [-0.1, -0.05) is 48.2 Å². The van der Waals surface area contributed by atoms with Crippen LogP contribution in [0, 0.1) is 11.3 Å². The van der Waals surface area contributed by atoms with E-state index in [0.717, 1.165) is 15.5 Å². The third-order valence-electron chi connectivity index (χ3n) is 4.74. The summed E-state index contributed by atoms with van der Waals surface area (Å²) in [4.78, 5) is 16.5. The molecule has 5 nitrogen and oxygen atoms in total. The van der Waals surface area contributed by atoms with Gasteiger partial charge >= 0.3 is 0 Å². The number of rotatable bonds is 5. The Balaban J connectivity index is 1.49. The van der Waals surface area contributed by atoms with E-state index in [1.807, 2.05) is 66.7 Å². The molecule has 0 spiro atoms. The van der Waals surface area contributed by atoms with Crippen LogP contribution < -0.4 is 9.47 Å². The minimum absolute atomic E-state index is 0.102. The van der Waals surface area contributed by atoms with Crippen molar-refractivity contribution in [2.45, 2.75) is 15.9 Å². The van der Waals surface area contributed by atoms with Gasteiger partial charge in [0.25, 0.3) is 5.91 Å². The second-order valence-electron chi connectivity index (χ2n) is 6.89. The molecular weight excluding hydrogens is 396 g/mol. The van der Waals surface area contributed by atoms with Crippen molar-refractivity contribution in [2.75, 3.05) is 20.2 Å². The number of para-hydroxylation sites is 2. The van der Waals surface area contributed by atoms with Crippen LogP contribution in [-0.4, -0.2) is 37.1 Å². The lowest BCUT2D eigenvalue weighted by molar-refractivity contribution is 0.0519. The van der Waals surface area contributed by atoms with E-state index in [1.165, 1.54) is 11.8 Å². The van der Waals surface area contributed by atoms with E-state index in [2.05, 4.69) is 6.07 Å². The molecule has 0 bridgehead atoms. The van der Waals surface area contributed by atoms with E-state index in [0.29, 0.717) is 30.0 Å². The molecule has 1 aliphatic rings. The predicted molar refractivity (Wildman–Crippen MR) is 115 cm³/mol. The molecule has 0 aliphatic carbocycles. The van der Waals surface area contributed by atoms with E-state index in [-0.39, 0.29) is 12.0 Å². The zero-order valence-corrected chi connectivity index (χ0v) is 17.3. The molecule has 1 heterocycles. The van der Waals surface area contributed by atoms with Gasteiger partial charge in [-0.15, -0.1) is 0 Å². The van der Waals surface area contributed by atoms with Gasteiger partial charge in [0.15, 0.2) is 17.6 Å². The van der Waals surface area contributed by atoms with Crippen LogP contribution in [0.1, 0.15) is 15.9 Å². The number of fused-ring (bicyclic) bond motifs is 1. The number of ether oxygens (including phenoxy) is 2. The number of carbonyl (C=O) groups excluding carboxylic acids is 1. The Labute approximate surface area is 179 Å². The van der Waals surface area contributed by atoms with Crippen molar-refractivity contribution in [3.05, 3.63) is 83.9 Å². The molecule has 1 aliphatic heterocycles. The fourth-order valence-electron chi connectivity index (χ4n) is 3.25. The van der Waals surface area contributed by atoms with Crippen LogP contribution in [0.4, 0.5) is 0 Å². The summed E-state index contributed by atoms with van der Waals surface area (Å²) in [7, 11) is 1.76. The molecule has 1 atom stereocenters. The minimum atomic E-state index is -0.243. The topological polar surface area (TPSA) is 62.6 Å². The maximum absolute atomic E-state index is 13.2. The third kappa shape index (κ3) is 4.27. The van der Waals surface area contributed by atoms with E-state index < -0.39 is 0 Å². The summed E-state index contributed by atoms with van der Waals surface area (Å²) < 4.78 is 11.7. The SMILES string of the molecule is CN(CC1COc2ccccc2O1)C(=O)c1ccccc1Sc1ccccc1C#N. The van der Waals surface area contributed by atoms with Crippen LogP contribution in [0.25, 0.3) is 0 Å². The highest BCUT2D eigenvalue weighted by molar-refractivity contribution is 7.99. The molecule has 4 rings (SSSR count). The first kappa shape index (κ1) is 19.9. The monoisotopic (exact) mass is 416 g/mol. The van der Waals surface area contributed by atoms with Gasteiger partial charge in [0.2, 0.25) is 0 Å². The summed E-state index contributed by atoms with van der Waals surface area (Å²) in [6.45, 7) is 0.793. The van der Waals surface area contributed by atoms with Crippen molar-refractivity contribution in [1.82, 2.24) is 4.90 Å². The molecule has 6 heteroatoms. The van der Waals surface area contributed by atoms with Gasteiger partial charge in [-0.2, -0.15) is 5.26 Å². The van der Waals surface area contributed by atoms with Gasteiger partial charge in [0, 0.05) is 16.8 Å². The molecule has 0 fully saturated rings. The number of hydrogen-bond acceptors (Lipinski definition) is 5. The second kappa shape index (κ2) is 8.93. The molecule has 1 unspecified atom stereocenters. The van der Waals surface area contributed by atoms with Crippen molar-refractivity contribution >= 4 is 17.7 Å². The summed E-state index contributed by atoms with van der Waals surface area (Å²) in [6.07, 6.45) is -0.243. The quantitative estimate of drug-likeness (QED) is 0.607. The van der Waals surface area contributed by atoms with Gasteiger partial charge in [-0.3, -0.25) is 4.79 Å². The van der Waals surface area contributed by atoms with Crippen molar-refractivity contribution in [1.29, 1.82) is 5.26 Å². The lowest BCUT2D eigenvalue weighted by atomic mass is 10.2. The van der Waals surface area contributed by atoms with E-state index in [9.17, 15) is 10.1 Å². The van der Waals surface area contributed by atoms with Crippen LogP contribution in [-0.2, 0) is 0 Å². The summed E-state index contributed by atoms with van der Waals surface area (Å²) in [6, 6.07) is 24.6. The molecule has 0 aromatic heterocycles. The lowest BCUT2D eigenvalue weighted by Gasteiger charge is -2.29. The average molecular weight is 417 g/mol. The number of likely N-dealkylation sites (N-methyl/N-ethyl adjacent to an activating group) is 1. The fraction of sp³-hybridized carbons (Fsp3) is 0.167. The van der Waals surface area contributed by atoms with E-state index in [1.54, 1.807) is 18.0 Å². The maximum atomic E-state index is 13.2. The molecule has 3 aromatic carbocycles. The lowest BCUT2D eigenvalue weighted by Crippen LogP contribution is -2.41. The smallest absolute Gasteiger partial charge is 0.254 e. The standard InChI is InChI=1S/C24H20N2O3S/c1-26(15-18-16-28-20-10-4-5-11-21(20)29-18)24(27)19-9-3-7-13-23(19)30-22-12-6-2-8-17(22)14-25/h2-13,18H,15-16H2,1H3. The van der Waals surface area contributed by atoms with Gasteiger partial charge < -0.3 is 14.4 Å². The largest absolute Gasteiger partial charge is 0.486 e. The Morgan fingerprint density at radius 3 is 2.50 bits per heavy atom. The van der Waals surface area contributed by atoms with Crippen molar-refractivity contribution in [3.63, 3.8) is 0 Å². The van der Waals surface area contributed by atoms with Crippen LogP contribution in [0.5, 0.6) is 11.5 Å². The van der Waals surface area contributed by atoms with Gasteiger partial charge in [-0.25, -0.2) is 0 Å². The van der Waals surface area contributed by atoms with Gasteiger partial charge in [-0.05, 0) is 36.4 Å². The molecule has 3 aromatic rings. The van der Waals surface area contributed by atoms with Gasteiger partial charge in [0.05, 0.1) is 17.7 Å². The summed E-state index contributed by atoms with van der Waals surface area (Å²) >= 11 is 1.42. The third-order valence-corrected chi connectivity index (χ3v) is 5.89. The van der Waals surface area contributed by atoms with Crippen LogP contribution in [0.2, 0.25) is 0 Å². The highest BCUT2D eigenvalue weighted by Crippen LogP contribution is 2.34. The number of benzene rings is 3. The van der Waals surface area contributed by atoms with E-state index >= 15 is 0 Å². The normalized spacial score (nSPS) is 14.6. The molecule has 150 valence electrons. The Kier molecular flexibility index (Phi) is 5.92. The predicted octanol–water partition coefficient (Wildman–Crippen LogP) is 4.62. The molecular formula is C24H20N2O3S. The highest BCUT2D eigenvalue weighted by atomic mass is 32.2. The maximum Gasteiger partial charge on any atom is 0.254 e. The van der Waals surface area contributed by atoms with Crippen molar-refractivity contribution < 1.29 is 14.3 Å². The molecule has 0 radical (unpaired) electrons. The molecule has 0 N–H and O–H groups in total. The molecule has 0 saturated carbocycles. The second-order valence-corrected chi connectivity index (χ2v) is 7.97. The number of hydrogen-bond donors (Lipinski definition) is 0. The zero-order chi connectivity index (χ0) is 20.9. The Bertz CT molecular complexity index is 1110. The molecule has 0 saturated heterocycles. The number of nitriles is 1. The molecule has 30 heavy (non-hydrogen) atoms. The number of carbonyl (C=O) groups is 1. The summed E-state index contributed by atoms with van der Waals surface area (Å²) in [5, 5.41) is 9.35. The van der Waals surface area contributed by atoms with E-state index in [4.69, 9.17) is 9.47 Å². The number of amides is 1. The fourth-order valence-corrected chi connectivity index (χ4v) is 4.26.